The van der Waals surface area contributed by atoms with Crippen molar-refractivity contribution in [3.63, 3.8) is 0 Å². The van der Waals surface area contributed by atoms with Crippen molar-refractivity contribution in [2.75, 3.05) is 0 Å². The van der Waals surface area contributed by atoms with Crippen LogP contribution in [-0.2, 0) is 0 Å². The number of alkyl halides is 2. The highest BCUT2D eigenvalue weighted by molar-refractivity contribution is 4.94. The van der Waals surface area contributed by atoms with Gasteiger partial charge in [-0.15, -0.1) is 0 Å². The third-order valence-electron chi connectivity index (χ3n) is 7.70. The summed E-state index contributed by atoms with van der Waals surface area (Å²) in [4.78, 5) is 0. The van der Waals surface area contributed by atoms with Crippen molar-refractivity contribution in [3.05, 3.63) is 0 Å². The molecule has 0 amide bonds. The van der Waals surface area contributed by atoms with Gasteiger partial charge in [-0.05, 0) is 86.4 Å². The van der Waals surface area contributed by atoms with Crippen LogP contribution < -0.4 is 0 Å². The van der Waals surface area contributed by atoms with E-state index in [-0.39, 0.29) is 11.8 Å². The molecular weight excluding hydrogens is 290 g/mol. The minimum absolute atomic E-state index is 0.0199. The zero-order valence-corrected chi connectivity index (χ0v) is 15.3. The van der Waals surface area contributed by atoms with Crippen LogP contribution in [0.15, 0.2) is 0 Å². The van der Waals surface area contributed by atoms with Gasteiger partial charge in [0.1, 0.15) is 12.3 Å². The molecule has 5 atom stereocenters. The van der Waals surface area contributed by atoms with Crippen LogP contribution in [-0.4, -0.2) is 12.3 Å². The van der Waals surface area contributed by atoms with E-state index in [1.54, 1.807) is 0 Å². The number of rotatable bonds is 2. The van der Waals surface area contributed by atoms with Gasteiger partial charge >= 0.3 is 0 Å². The fourth-order valence-corrected chi connectivity index (χ4v) is 6.20. The van der Waals surface area contributed by atoms with Gasteiger partial charge in [0.25, 0.3) is 0 Å². The van der Waals surface area contributed by atoms with E-state index in [4.69, 9.17) is 0 Å². The molecule has 3 rings (SSSR count). The quantitative estimate of drug-likeness (QED) is 0.537. The summed E-state index contributed by atoms with van der Waals surface area (Å²) in [5.41, 5.74) is 0. The van der Waals surface area contributed by atoms with Crippen LogP contribution in [0.1, 0.15) is 78.6 Å². The molecule has 0 radical (unpaired) electrons. The van der Waals surface area contributed by atoms with Crippen LogP contribution in [0.25, 0.3) is 0 Å². The molecule has 0 aromatic heterocycles. The molecule has 134 valence electrons. The predicted molar refractivity (Wildman–Crippen MR) is 92.8 cm³/mol. The van der Waals surface area contributed by atoms with Crippen molar-refractivity contribution < 1.29 is 8.78 Å². The first-order valence-electron chi connectivity index (χ1n) is 10.3. The summed E-state index contributed by atoms with van der Waals surface area (Å²) < 4.78 is 28.8. The average molecular weight is 327 g/mol. The lowest BCUT2D eigenvalue weighted by Gasteiger charge is -2.45. The molecule has 0 spiro atoms. The number of hydrogen-bond donors (Lipinski definition) is 0. The van der Waals surface area contributed by atoms with Crippen molar-refractivity contribution in [1.29, 1.82) is 0 Å². The molecule has 3 aliphatic carbocycles. The van der Waals surface area contributed by atoms with E-state index in [2.05, 4.69) is 13.8 Å². The van der Waals surface area contributed by atoms with E-state index in [1.807, 2.05) is 6.92 Å². The fourth-order valence-electron chi connectivity index (χ4n) is 6.20. The topological polar surface area (TPSA) is 0 Å². The monoisotopic (exact) mass is 326 g/mol. The van der Waals surface area contributed by atoms with Crippen LogP contribution >= 0.6 is 0 Å². The molecule has 0 bridgehead atoms. The van der Waals surface area contributed by atoms with Crippen molar-refractivity contribution in [2.24, 2.45) is 41.4 Å². The van der Waals surface area contributed by atoms with Gasteiger partial charge in [0.15, 0.2) is 0 Å². The SMILES string of the molecule is CC1CCC(C2CCC(C3C(C)CC(C)C(F)C3F)CC2)CC1. The van der Waals surface area contributed by atoms with E-state index in [0.717, 1.165) is 37.0 Å². The third kappa shape index (κ3) is 3.76. The molecule has 0 nitrogen and oxygen atoms in total. The smallest absolute Gasteiger partial charge is 0.135 e. The lowest BCUT2D eigenvalue weighted by Crippen LogP contribution is -2.45. The average Bonchev–Trinajstić information content (AvgIpc) is 2.54. The van der Waals surface area contributed by atoms with E-state index in [9.17, 15) is 8.78 Å². The van der Waals surface area contributed by atoms with Gasteiger partial charge in [0, 0.05) is 0 Å². The van der Waals surface area contributed by atoms with Gasteiger partial charge in [0.05, 0.1) is 0 Å². The first-order valence-corrected chi connectivity index (χ1v) is 10.3. The van der Waals surface area contributed by atoms with Crippen LogP contribution in [0.5, 0.6) is 0 Å². The molecule has 0 N–H and O–H groups in total. The van der Waals surface area contributed by atoms with Crippen LogP contribution in [0, 0.1) is 41.4 Å². The summed E-state index contributed by atoms with van der Waals surface area (Å²) in [6.07, 6.45) is 8.87. The Balaban J connectivity index is 1.54. The lowest BCUT2D eigenvalue weighted by molar-refractivity contribution is -0.0400. The van der Waals surface area contributed by atoms with Crippen LogP contribution in [0.2, 0.25) is 0 Å². The molecule has 23 heavy (non-hydrogen) atoms. The molecule has 0 aromatic rings. The minimum atomic E-state index is -1.23. The third-order valence-corrected chi connectivity index (χ3v) is 7.70. The van der Waals surface area contributed by atoms with E-state index < -0.39 is 12.3 Å². The van der Waals surface area contributed by atoms with Crippen LogP contribution in [0.4, 0.5) is 8.78 Å². The molecule has 0 aliphatic heterocycles. The van der Waals surface area contributed by atoms with Crippen molar-refractivity contribution in [1.82, 2.24) is 0 Å². The molecule has 0 saturated heterocycles. The Bertz CT molecular complexity index is 366. The summed E-state index contributed by atoms with van der Waals surface area (Å²) in [6.45, 7) is 6.42. The summed E-state index contributed by atoms with van der Waals surface area (Å²) in [6, 6.07) is 0. The lowest BCUT2D eigenvalue weighted by atomic mass is 9.62. The maximum Gasteiger partial charge on any atom is 0.135 e. The Labute approximate surface area is 141 Å². The normalized spacial score (nSPS) is 52.3. The molecule has 3 aliphatic rings. The fraction of sp³-hybridized carbons (Fsp3) is 1.00. The molecule has 3 saturated carbocycles. The Kier molecular flexibility index (Phi) is 5.68. The zero-order chi connectivity index (χ0) is 16.6. The second kappa shape index (κ2) is 7.40. The molecule has 0 aromatic carbocycles. The molecule has 2 heteroatoms. The highest BCUT2D eigenvalue weighted by atomic mass is 19.2. The Morgan fingerprint density at radius 2 is 1.04 bits per heavy atom. The van der Waals surface area contributed by atoms with Gasteiger partial charge in [-0.25, -0.2) is 8.78 Å². The first kappa shape index (κ1) is 17.7. The second-order valence-corrected chi connectivity index (χ2v) is 9.35. The molecule has 0 heterocycles. The largest absolute Gasteiger partial charge is 0.244 e. The summed E-state index contributed by atoms with van der Waals surface area (Å²) in [5.74, 6) is 3.38. The van der Waals surface area contributed by atoms with Crippen molar-refractivity contribution in [2.45, 2.75) is 90.9 Å². The van der Waals surface area contributed by atoms with Gasteiger partial charge in [-0.2, -0.15) is 0 Å². The highest BCUT2D eigenvalue weighted by Crippen LogP contribution is 2.48. The molecule has 5 unspecified atom stereocenters. The Morgan fingerprint density at radius 1 is 0.565 bits per heavy atom. The van der Waals surface area contributed by atoms with E-state index in [1.165, 1.54) is 38.5 Å². The standard InChI is InChI=1S/C21H36F2/c1-13-4-6-16(7-5-13)17-8-10-18(11-9-17)19-14(2)12-15(3)20(22)21(19)23/h13-21H,4-12H2,1-3H3. The number of halogens is 2. The minimum Gasteiger partial charge on any atom is -0.244 e. The van der Waals surface area contributed by atoms with Gasteiger partial charge in [-0.3, -0.25) is 0 Å². The highest BCUT2D eigenvalue weighted by Gasteiger charge is 2.46. The predicted octanol–water partition coefficient (Wildman–Crippen LogP) is 6.59. The first-order chi connectivity index (χ1) is 11.0. The van der Waals surface area contributed by atoms with E-state index in [0.29, 0.717) is 11.8 Å². The van der Waals surface area contributed by atoms with Gasteiger partial charge in [-0.1, -0.05) is 33.6 Å². The summed E-state index contributed by atoms with van der Waals surface area (Å²) in [5, 5.41) is 0. The maximum atomic E-state index is 14.6. The maximum absolute atomic E-state index is 14.6. The number of hydrogen-bond acceptors (Lipinski definition) is 0. The van der Waals surface area contributed by atoms with E-state index >= 15 is 0 Å². The van der Waals surface area contributed by atoms with Gasteiger partial charge < -0.3 is 0 Å². The van der Waals surface area contributed by atoms with Gasteiger partial charge in [0.2, 0.25) is 0 Å². The van der Waals surface area contributed by atoms with Crippen LogP contribution in [0.3, 0.4) is 0 Å². The molecular formula is C21H36F2. The Hall–Kier alpha value is -0.140. The van der Waals surface area contributed by atoms with Crippen molar-refractivity contribution in [3.8, 4) is 0 Å². The Morgan fingerprint density at radius 3 is 1.61 bits per heavy atom. The zero-order valence-electron chi connectivity index (χ0n) is 15.3. The summed E-state index contributed by atoms with van der Waals surface area (Å²) in [7, 11) is 0. The van der Waals surface area contributed by atoms with Crippen molar-refractivity contribution >= 4 is 0 Å². The second-order valence-electron chi connectivity index (χ2n) is 9.35. The molecule has 3 fully saturated rings. The summed E-state index contributed by atoms with van der Waals surface area (Å²) >= 11 is 0.